The van der Waals surface area contributed by atoms with Gasteiger partial charge >= 0.3 is 0 Å². The van der Waals surface area contributed by atoms with Gasteiger partial charge in [0.15, 0.2) is 0 Å². The van der Waals surface area contributed by atoms with E-state index in [1.165, 1.54) is 19.2 Å². The zero-order valence-electron chi connectivity index (χ0n) is 11.7. The minimum absolute atomic E-state index is 0.191. The van der Waals surface area contributed by atoms with Crippen LogP contribution in [0.2, 0.25) is 0 Å². The van der Waals surface area contributed by atoms with E-state index in [2.05, 4.69) is 11.3 Å². The van der Waals surface area contributed by atoms with Crippen LogP contribution in [0.4, 0.5) is 5.69 Å². The molecule has 0 heterocycles. The molecule has 0 amide bonds. The predicted octanol–water partition coefficient (Wildman–Crippen LogP) is 3.22. The van der Waals surface area contributed by atoms with Crippen LogP contribution in [0.5, 0.6) is 5.75 Å². The third-order valence-electron chi connectivity index (χ3n) is 3.00. The number of nitrogens with one attached hydrogen (secondary N) is 1. The van der Waals surface area contributed by atoms with Crippen LogP contribution in [0.1, 0.15) is 5.56 Å². The van der Waals surface area contributed by atoms with Gasteiger partial charge in [0.2, 0.25) is 0 Å². The Morgan fingerprint density at radius 2 is 1.81 bits per heavy atom. The molecule has 0 bridgehead atoms. The van der Waals surface area contributed by atoms with Gasteiger partial charge in [-0.2, -0.15) is 0 Å². The Hall–Kier alpha value is -2.27. The summed E-state index contributed by atoms with van der Waals surface area (Å²) in [5.74, 6) is 0.612. The van der Waals surface area contributed by atoms with Crippen molar-refractivity contribution in [3.63, 3.8) is 0 Å². The number of hydrogen-bond donors (Lipinski definition) is 1. The molecule has 2 aromatic rings. The van der Waals surface area contributed by atoms with E-state index in [-0.39, 0.29) is 4.90 Å². The van der Waals surface area contributed by atoms with Crippen LogP contribution in [-0.2, 0) is 16.4 Å². The van der Waals surface area contributed by atoms with Crippen molar-refractivity contribution in [2.75, 3.05) is 11.8 Å². The quantitative estimate of drug-likeness (QED) is 0.834. The molecule has 0 aliphatic carbocycles. The summed E-state index contributed by atoms with van der Waals surface area (Å²) in [5, 5.41) is 0. The van der Waals surface area contributed by atoms with Gasteiger partial charge in [-0.05, 0) is 42.3 Å². The fourth-order valence-electron chi connectivity index (χ4n) is 1.91. The monoisotopic (exact) mass is 303 g/mol. The Morgan fingerprint density at radius 1 is 1.14 bits per heavy atom. The standard InChI is InChI=1S/C16H17NO3S/c1-3-6-13-7-4-5-8-16(13)17-21(18,19)15-11-9-14(20-2)10-12-15/h3-5,7-12,17H,1,6H2,2H3. The molecule has 110 valence electrons. The van der Waals surface area contributed by atoms with E-state index in [9.17, 15) is 8.42 Å². The first-order chi connectivity index (χ1) is 10.1. The molecular weight excluding hydrogens is 286 g/mol. The summed E-state index contributed by atoms with van der Waals surface area (Å²) >= 11 is 0. The maximum atomic E-state index is 12.4. The number of methoxy groups -OCH3 is 1. The van der Waals surface area contributed by atoms with Crippen LogP contribution in [0, 0.1) is 0 Å². The molecule has 0 aliphatic heterocycles. The van der Waals surface area contributed by atoms with Crippen LogP contribution < -0.4 is 9.46 Å². The molecule has 21 heavy (non-hydrogen) atoms. The molecule has 0 spiro atoms. The summed E-state index contributed by atoms with van der Waals surface area (Å²) in [5.41, 5.74) is 1.44. The second kappa shape index (κ2) is 6.45. The number of sulfonamides is 1. The number of anilines is 1. The average Bonchev–Trinajstić information content (AvgIpc) is 2.49. The Bertz CT molecular complexity index is 721. The molecule has 0 fully saturated rings. The van der Waals surface area contributed by atoms with Crippen molar-refractivity contribution < 1.29 is 13.2 Å². The lowest BCUT2D eigenvalue weighted by Gasteiger charge is -2.12. The van der Waals surface area contributed by atoms with Gasteiger partial charge in [-0.1, -0.05) is 24.3 Å². The van der Waals surface area contributed by atoms with Gasteiger partial charge in [-0.25, -0.2) is 8.42 Å². The Morgan fingerprint density at radius 3 is 2.43 bits per heavy atom. The number of para-hydroxylation sites is 1. The average molecular weight is 303 g/mol. The highest BCUT2D eigenvalue weighted by molar-refractivity contribution is 7.92. The predicted molar refractivity (Wildman–Crippen MR) is 84.1 cm³/mol. The number of hydrogen-bond acceptors (Lipinski definition) is 3. The molecule has 1 N–H and O–H groups in total. The maximum Gasteiger partial charge on any atom is 0.261 e. The third kappa shape index (κ3) is 3.64. The minimum atomic E-state index is -3.62. The molecule has 0 unspecified atom stereocenters. The smallest absolute Gasteiger partial charge is 0.261 e. The van der Waals surface area contributed by atoms with E-state index in [0.717, 1.165) is 5.56 Å². The van der Waals surface area contributed by atoms with Gasteiger partial charge in [-0.3, -0.25) is 4.72 Å². The highest BCUT2D eigenvalue weighted by atomic mass is 32.2. The van der Waals surface area contributed by atoms with Gasteiger partial charge < -0.3 is 4.74 Å². The van der Waals surface area contributed by atoms with Crippen molar-refractivity contribution in [1.82, 2.24) is 0 Å². The van der Waals surface area contributed by atoms with Gasteiger partial charge in [0, 0.05) is 0 Å². The van der Waals surface area contributed by atoms with Crippen LogP contribution in [0.15, 0.2) is 66.1 Å². The van der Waals surface area contributed by atoms with Crippen molar-refractivity contribution in [1.29, 1.82) is 0 Å². The van der Waals surface area contributed by atoms with E-state index >= 15 is 0 Å². The molecule has 0 atom stereocenters. The number of benzene rings is 2. The molecule has 0 aromatic heterocycles. The molecule has 4 nitrogen and oxygen atoms in total. The lowest BCUT2D eigenvalue weighted by atomic mass is 10.1. The molecule has 2 aromatic carbocycles. The molecule has 2 rings (SSSR count). The molecular formula is C16H17NO3S. The van der Waals surface area contributed by atoms with Crippen LogP contribution in [0.3, 0.4) is 0 Å². The molecule has 0 saturated carbocycles. The van der Waals surface area contributed by atoms with Crippen molar-refractivity contribution in [3.8, 4) is 5.75 Å². The summed E-state index contributed by atoms with van der Waals surface area (Å²) < 4.78 is 32.4. The lowest BCUT2D eigenvalue weighted by molar-refractivity contribution is 0.414. The highest BCUT2D eigenvalue weighted by Crippen LogP contribution is 2.22. The molecule has 0 saturated heterocycles. The molecule has 0 radical (unpaired) electrons. The van der Waals surface area contributed by atoms with Crippen molar-refractivity contribution >= 4 is 15.7 Å². The van der Waals surface area contributed by atoms with E-state index in [1.54, 1.807) is 30.3 Å². The summed E-state index contributed by atoms with van der Waals surface area (Å²) in [6.07, 6.45) is 2.34. The second-order valence-corrected chi connectivity index (χ2v) is 6.11. The summed E-state index contributed by atoms with van der Waals surface area (Å²) in [6, 6.07) is 13.5. The highest BCUT2D eigenvalue weighted by Gasteiger charge is 2.15. The third-order valence-corrected chi connectivity index (χ3v) is 4.38. The maximum absolute atomic E-state index is 12.4. The van der Waals surface area contributed by atoms with E-state index in [4.69, 9.17) is 4.74 Å². The fourth-order valence-corrected chi connectivity index (χ4v) is 3.01. The largest absolute Gasteiger partial charge is 0.497 e. The lowest BCUT2D eigenvalue weighted by Crippen LogP contribution is -2.14. The Kier molecular flexibility index (Phi) is 4.65. The first kappa shape index (κ1) is 15.1. The van der Waals surface area contributed by atoms with Crippen LogP contribution in [0.25, 0.3) is 0 Å². The first-order valence-electron chi connectivity index (χ1n) is 6.42. The number of allylic oxidation sites excluding steroid dienone is 1. The SMILES string of the molecule is C=CCc1ccccc1NS(=O)(=O)c1ccc(OC)cc1. The Labute approximate surface area is 125 Å². The van der Waals surface area contributed by atoms with Crippen LogP contribution >= 0.6 is 0 Å². The van der Waals surface area contributed by atoms with Crippen molar-refractivity contribution in [3.05, 3.63) is 66.7 Å². The van der Waals surface area contributed by atoms with Gasteiger partial charge in [0.25, 0.3) is 10.0 Å². The first-order valence-corrected chi connectivity index (χ1v) is 7.91. The minimum Gasteiger partial charge on any atom is -0.497 e. The topological polar surface area (TPSA) is 55.4 Å². The Balaban J connectivity index is 2.30. The van der Waals surface area contributed by atoms with Crippen molar-refractivity contribution in [2.24, 2.45) is 0 Å². The zero-order valence-corrected chi connectivity index (χ0v) is 12.6. The number of rotatable bonds is 6. The molecule has 5 heteroatoms. The summed E-state index contributed by atoms with van der Waals surface area (Å²) in [4.78, 5) is 0.191. The van der Waals surface area contributed by atoms with Gasteiger partial charge in [-0.15, -0.1) is 6.58 Å². The zero-order chi connectivity index (χ0) is 15.3. The van der Waals surface area contributed by atoms with E-state index < -0.39 is 10.0 Å². The molecule has 0 aliphatic rings. The summed E-state index contributed by atoms with van der Waals surface area (Å²) in [6.45, 7) is 3.68. The van der Waals surface area contributed by atoms with Gasteiger partial charge in [0.05, 0.1) is 17.7 Å². The van der Waals surface area contributed by atoms with Gasteiger partial charge in [0.1, 0.15) is 5.75 Å². The second-order valence-electron chi connectivity index (χ2n) is 4.43. The summed E-state index contributed by atoms with van der Waals surface area (Å²) in [7, 11) is -2.08. The van der Waals surface area contributed by atoms with E-state index in [0.29, 0.717) is 17.9 Å². The van der Waals surface area contributed by atoms with Crippen molar-refractivity contribution in [2.45, 2.75) is 11.3 Å². The van der Waals surface area contributed by atoms with Crippen LogP contribution in [-0.4, -0.2) is 15.5 Å². The normalized spacial score (nSPS) is 10.9. The fraction of sp³-hybridized carbons (Fsp3) is 0.125. The van der Waals surface area contributed by atoms with E-state index in [1.807, 2.05) is 12.1 Å². The number of ether oxygens (including phenoxy) is 1.